The molecule has 1 aromatic carbocycles. The van der Waals surface area contributed by atoms with Gasteiger partial charge < -0.3 is 0 Å². The molecule has 0 radical (unpaired) electrons. The monoisotopic (exact) mass is 259 g/mol. The van der Waals surface area contributed by atoms with Gasteiger partial charge in [0.2, 0.25) is 0 Å². The van der Waals surface area contributed by atoms with Crippen LogP contribution in [-0.4, -0.2) is 10.9 Å². The van der Waals surface area contributed by atoms with Crippen molar-refractivity contribution in [2.24, 2.45) is 5.92 Å². The Hall–Kier alpha value is -1.34. The number of rotatable bonds is 3. The predicted molar refractivity (Wildman–Crippen MR) is 80.0 cm³/mol. The second kappa shape index (κ2) is 5.53. The van der Waals surface area contributed by atoms with Crippen LogP contribution in [0, 0.1) is 12.8 Å². The quantitative estimate of drug-likeness (QED) is 0.720. The minimum absolute atomic E-state index is 0.467. The highest BCUT2D eigenvalue weighted by atomic mass is 35.5. The van der Waals surface area contributed by atoms with Gasteiger partial charge in [0.15, 0.2) is 0 Å². The normalized spacial score (nSPS) is 12.4. The lowest BCUT2D eigenvalue weighted by atomic mass is 9.99. The van der Waals surface area contributed by atoms with Crippen molar-refractivity contribution in [2.75, 3.05) is 5.88 Å². The van der Waals surface area contributed by atoms with Gasteiger partial charge in [-0.05, 0) is 30.5 Å². The highest BCUT2D eigenvalue weighted by Crippen LogP contribution is 2.23. The summed E-state index contributed by atoms with van der Waals surface area (Å²) >= 11 is 6.02. The number of hydrogen-bond donors (Lipinski definition) is 0. The van der Waals surface area contributed by atoms with Gasteiger partial charge in [-0.3, -0.25) is 4.98 Å². The molecule has 1 nitrogen and oxygen atoms in total. The first-order chi connectivity index (χ1) is 8.61. The van der Waals surface area contributed by atoms with E-state index in [2.05, 4.69) is 43.1 Å². The van der Waals surface area contributed by atoms with Crippen LogP contribution in [-0.2, 0) is 0 Å². The van der Waals surface area contributed by atoms with Crippen LogP contribution in [0.5, 0.6) is 0 Å². The van der Waals surface area contributed by atoms with Crippen LogP contribution >= 0.6 is 11.6 Å². The zero-order valence-corrected chi connectivity index (χ0v) is 11.8. The Labute approximate surface area is 114 Å². The van der Waals surface area contributed by atoms with Crippen molar-refractivity contribution in [3.05, 3.63) is 47.2 Å². The number of para-hydroxylation sites is 1. The standard InChI is InChI=1S/C16H18ClN/c1-11(2)14(10-17)9-13-8-12(3)18-16-7-5-4-6-15(13)16/h4-9,11H,10H2,1-3H3. The minimum Gasteiger partial charge on any atom is -0.253 e. The van der Waals surface area contributed by atoms with Crippen LogP contribution in [0.4, 0.5) is 0 Å². The topological polar surface area (TPSA) is 12.9 Å². The Morgan fingerprint density at radius 2 is 2.06 bits per heavy atom. The number of aromatic nitrogens is 1. The molecule has 2 aromatic rings. The van der Waals surface area contributed by atoms with Crippen molar-refractivity contribution in [3.63, 3.8) is 0 Å². The third-order valence-electron chi connectivity index (χ3n) is 3.11. The molecule has 0 bridgehead atoms. The maximum absolute atomic E-state index is 6.02. The Balaban J connectivity index is 2.63. The summed E-state index contributed by atoms with van der Waals surface area (Å²) in [4.78, 5) is 4.55. The van der Waals surface area contributed by atoms with Crippen LogP contribution in [0.25, 0.3) is 17.0 Å². The van der Waals surface area contributed by atoms with Gasteiger partial charge in [0.25, 0.3) is 0 Å². The van der Waals surface area contributed by atoms with E-state index >= 15 is 0 Å². The lowest BCUT2D eigenvalue weighted by Crippen LogP contribution is -1.96. The fourth-order valence-corrected chi connectivity index (χ4v) is 2.40. The van der Waals surface area contributed by atoms with E-state index in [0.29, 0.717) is 11.8 Å². The molecule has 0 unspecified atom stereocenters. The number of hydrogen-bond acceptors (Lipinski definition) is 1. The molecule has 0 N–H and O–H groups in total. The molecule has 0 saturated carbocycles. The minimum atomic E-state index is 0.467. The summed E-state index contributed by atoms with van der Waals surface area (Å²) in [5.74, 6) is 1.04. The summed E-state index contributed by atoms with van der Waals surface area (Å²) in [6, 6.07) is 10.4. The number of nitrogens with zero attached hydrogens (tertiary/aromatic N) is 1. The van der Waals surface area contributed by atoms with Gasteiger partial charge in [-0.25, -0.2) is 0 Å². The van der Waals surface area contributed by atoms with Gasteiger partial charge >= 0.3 is 0 Å². The van der Waals surface area contributed by atoms with E-state index in [-0.39, 0.29) is 0 Å². The van der Waals surface area contributed by atoms with Gasteiger partial charge in [-0.15, -0.1) is 11.6 Å². The van der Waals surface area contributed by atoms with Gasteiger partial charge in [0, 0.05) is 17.0 Å². The molecule has 0 amide bonds. The predicted octanol–water partition coefficient (Wildman–Crippen LogP) is 4.82. The van der Waals surface area contributed by atoms with Crippen molar-refractivity contribution in [2.45, 2.75) is 20.8 Å². The number of aryl methyl sites for hydroxylation is 1. The first-order valence-corrected chi connectivity index (χ1v) is 6.78. The summed E-state index contributed by atoms with van der Waals surface area (Å²) in [6.07, 6.45) is 2.20. The van der Waals surface area contributed by atoms with E-state index in [9.17, 15) is 0 Å². The number of alkyl halides is 1. The van der Waals surface area contributed by atoms with Gasteiger partial charge in [-0.2, -0.15) is 0 Å². The fourth-order valence-electron chi connectivity index (χ4n) is 2.02. The molecule has 0 spiro atoms. The summed E-state index contributed by atoms with van der Waals surface area (Å²) < 4.78 is 0. The van der Waals surface area contributed by atoms with E-state index < -0.39 is 0 Å². The summed E-state index contributed by atoms with van der Waals surface area (Å²) in [5, 5.41) is 1.19. The molecule has 1 aromatic heterocycles. The van der Waals surface area contributed by atoms with Gasteiger partial charge in [0.05, 0.1) is 5.52 Å². The summed E-state index contributed by atoms with van der Waals surface area (Å²) in [6.45, 7) is 6.37. The van der Waals surface area contributed by atoms with Crippen molar-refractivity contribution < 1.29 is 0 Å². The van der Waals surface area contributed by atoms with Gasteiger partial charge in [-0.1, -0.05) is 43.7 Å². The molecular weight excluding hydrogens is 242 g/mol. The molecule has 0 fully saturated rings. The van der Waals surface area contributed by atoms with Crippen LogP contribution in [0.3, 0.4) is 0 Å². The van der Waals surface area contributed by atoms with Crippen molar-refractivity contribution in [1.29, 1.82) is 0 Å². The Bertz CT molecular complexity index is 585. The molecule has 0 aliphatic carbocycles. The highest BCUT2D eigenvalue weighted by Gasteiger charge is 2.05. The molecular formula is C16H18ClN. The average Bonchev–Trinajstić information content (AvgIpc) is 2.35. The molecule has 0 saturated heterocycles. The van der Waals surface area contributed by atoms with Crippen molar-refractivity contribution >= 4 is 28.6 Å². The molecule has 0 aliphatic heterocycles. The molecule has 2 rings (SSSR count). The van der Waals surface area contributed by atoms with E-state index in [1.54, 1.807) is 0 Å². The van der Waals surface area contributed by atoms with E-state index in [1.165, 1.54) is 16.5 Å². The second-order valence-corrected chi connectivity index (χ2v) is 5.14. The fraction of sp³-hybridized carbons (Fsp3) is 0.312. The zero-order chi connectivity index (χ0) is 13.1. The highest BCUT2D eigenvalue weighted by molar-refractivity contribution is 6.19. The third-order valence-corrected chi connectivity index (χ3v) is 3.42. The first kappa shape index (κ1) is 13.1. The molecule has 0 atom stereocenters. The number of fused-ring (bicyclic) bond motifs is 1. The SMILES string of the molecule is Cc1cc(C=C(CCl)C(C)C)c2ccccc2n1. The Kier molecular flexibility index (Phi) is 4.03. The largest absolute Gasteiger partial charge is 0.253 e. The molecule has 2 heteroatoms. The first-order valence-electron chi connectivity index (χ1n) is 6.24. The van der Waals surface area contributed by atoms with Crippen LogP contribution in [0.1, 0.15) is 25.1 Å². The van der Waals surface area contributed by atoms with E-state index in [4.69, 9.17) is 11.6 Å². The Morgan fingerprint density at radius 1 is 1.33 bits per heavy atom. The second-order valence-electron chi connectivity index (χ2n) is 4.88. The average molecular weight is 260 g/mol. The van der Waals surface area contributed by atoms with Crippen LogP contribution in [0.15, 0.2) is 35.9 Å². The smallest absolute Gasteiger partial charge is 0.0711 e. The molecule has 1 heterocycles. The van der Waals surface area contributed by atoms with Crippen LogP contribution < -0.4 is 0 Å². The Morgan fingerprint density at radius 3 is 2.72 bits per heavy atom. The molecule has 18 heavy (non-hydrogen) atoms. The maximum Gasteiger partial charge on any atom is 0.0711 e. The van der Waals surface area contributed by atoms with E-state index in [1.807, 2.05) is 19.1 Å². The molecule has 94 valence electrons. The number of allylic oxidation sites excluding steroid dienone is 1. The maximum atomic E-state index is 6.02. The van der Waals surface area contributed by atoms with Gasteiger partial charge in [0.1, 0.15) is 0 Å². The van der Waals surface area contributed by atoms with E-state index in [0.717, 1.165) is 11.2 Å². The third kappa shape index (κ3) is 2.73. The van der Waals surface area contributed by atoms with Crippen LogP contribution in [0.2, 0.25) is 0 Å². The number of pyridine rings is 1. The number of halogens is 1. The summed E-state index contributed by atoms with van der Waals surface area (Å²) in [7, 11) is 0. The zero-order valence-electron chi connectivity index (χ0n) is 11.1. The lowest BCUT2D eigenvalue weighted by molar-refractivity contribution is 0.778. The molecule has 0 aliphatic rings. The lowest BCUT2D eigenvalue weighted by Gasteiger charge is -2.10. The summed E-state index contributed by atoms with van der Waals surface area (Å²) in [5.41, 5.74) is 4.55. The van der Waals surface area contributed by atoms with Crippen molar-refractivity contribution in [1.82, 2.24) is 4.98 Å². The number of benzene rings is 1. The van der Waals surface area contributed by atoms with Crippen molar-refractivity contribution in [3.8, 4) is 0 Å².